The van der Waals surface area contributed by atoms with Gasteiger partial charge in [-0.2, -0.15) is 5.01 Å². The van der Waals surface area contributed by atoms with Gasteiger partial charge < -0.3 is 5.32 Å². The first-order valence-electron chi connectivity index (χ1n) is 5.51. The molecule has 3 atom stereocenters. The van der Waals surface area contributed by atoms with Gasteiger partial charge in [0.2, 0.25) is 0 Å². The Labute approximate surface area is 107 Å². The molecule has 2 aliphatic heterocycles. The van der Waals surface area contributed by atoms with Crippen LogP contribution in [0.1, 0.15) is 18.0 Å². The van der Waals surface area contributed by atoms with Crippen LogP contribution >= 0.6 is 12.2 Å². The zero-order valence-corrected chi connectivity index (χ0v) is 9.98. The summed E-state index contributed by atoms with van der Waals surface area (Å²) in [5.41, 5.74) is 2.90. The number of hydrogen-bond donors (Lipinski definition) is 2. The van der Waals surface area contributed by atoms with Crippen LogP contribution < -0.4 is 10.7 Å². The Kier molecular flexibility index (Phi) is 2.67. The molecule has 7 heteroatoms. The average molecular weight is 273 g/mol. The van der Waals surface area contributed by atoms with E-state index in [0.29, 0.717) is 5.11 Å². The van der Waals surface area contributed by atoms with Gasteiger partial charge in [-0.05, 0) is 30.4 Å². The highest BCUT2D eigenvalue weighted by molar-refractivity contribution is 7.80. The van der Waals surface area contributed by atoms with Crippen molar-refractivity contribution in [3.05, 3.63) is 35.4 Å². The molecular formula is C11H10F3N3S. The molecule has 1 aromatic rings. The molecule has 0 aliphatic carbocycles. The number of halogens is 3. The lowest BCUT2D eigenvalue weighted by Gasteiger charge is -2.22. The van der Waals surface area contributed by atoms with E-state index in [2.05, 4.69) is 10.7 Å². The zero-order valence-electron chi connectivity index (χ0n) is 9.16. The van der Waals surface area contributed by atoms with Crippen LogP contribution in [0.3, 0.4) is 0 Å². The number of nitrogens with one attached hydrogen (secondary N) is 2. The van der Waals surface area contributed by atoms with E-state index >= 15 is 0 Å². The maximum absolute atomic E-state index is 13.8. The van der Waals surface area contributed by atoms with E-state index in [1.54, 1.807) is 0 Å². The third-order valence-electron chi connectivity index (χ3n) is 3.25. The molecular weight excluding hydrogens is 263 g/mol. The Bertz CT molecular complexity index is 510. The maximum Gasteiger partial charge on any atom is 0.182 e. The molecule has 96 valence electrons. The van der Waals surface area contributed by atoms with E-state index in [0.717, 1.165) is 18.2 Å². The summed E-state index contributed by atoms with van der Waals surface area (Å²) in [5, 5.41) is 4.55. The lowest BCUT2D eigenvalue weighted by atomic mass is 10.0. The van der Waals surface area contributed by atoms with E-state index in [1.807, 2.05) is 0 Å². The topological polar surface area (TPSA) is 27.3 Å². The third kappa shape index (κ3) is 1.74. The molecule has 0 radical (unpaired) electrons. The smallest absolute Gasteiger partial charge is 0.182 e. The van der Waals surface area contributed by atoms with Crippen molar-refractivity contribution in [2.45, 2.75) is 24.8 Å². The van der Waals surface area contributed by atoms with Crippen molar-refractivity contribution in [3.63, 3.8) is 0 Å². The molecule has 0 aromatic heterocycles. The average Bonchev–Trinajstić information content (AvgIpc) is 2.82. The van der Waals surface area contributed by atoms with Crippen molar-refractivity contribution in [2.24, 2.45) is 0 Å². The van der Waals surface area contributed by atoms with Crippen LogP contribution in [-0.2, 0) is 0 Å². The number of hydrogen-bond acceptors (Lipinski definition) is 2. The Morgan fingerprint density at radius 3 is 2.89 bits per heavy atom. The lowest BCUT2D eigenvalue weighted by molar-refractivity contribution is 0.154. The van der Waals surface area contributed by atoms with Crippen molar-refractivity contribution in [2.75, 3.05) is 0 Å². The fourth-order valence-corrected chi connectivity index (χ4v) is 2.69. The normalized spacial score (nSPS) is 31.1. The molecule has 0 spiro atoms. The molecule has 3 rings (SSSR count). The van der Waals surface area contributed by atoms with Gasteiger partial charge in [-0.25, -0.2) is 13.2 Å². The largest absolute Gasteiger partial charge is 0.342 e. The maximum atomic E-state index is 13.8. The van der Waals surface area contributed by atoms with E-state index in [4.69, 9.17) is 12.2 Å². The molecule has 0 saturated carbocycles. The van der Waals surface area contributed by atoms with E-state index in [1.165, 1.54) is 5.01 Å². The number of fused-ring (bicyclic) bond motifs is 1. The van der Waals surface area contributed by atoms with Gasteiger partial charge in [0, 0.05) is 12.0 Å². The third-order valence-corrected chi connectivity index (χ3v) is 3.46. The molecule has 2 aliphatic rings. The summed E-state index contributed by atoms with van der Waals surface area (Å²) in [6, 6.07) is 2.61. The number of hydrazine groups is 1. The summed E-state index contributed by atoms with van der Waals surface area (Å²) in [7, 11) is 0. The Balaban J connectivity index is 1.97. The highest BCUT2D eigenvalue weighted by Crippen LogP contribution is 2.38. The van der Waals surface area contributed by atoms with Crippen LogP contribution in [0.5, 0.6) is 0 Å². The first kappa shape index (κ1) is 11.7. The Hall–Kier alpha value is -1.34. The molecule has 2 saturated heterocycles. The van der Waals surface area contributed by atoms with E-state index in [9.17, 15) is 13.2 Å². The van der Waals surface area contributed by atoms with Crippen LogP contribution in [0.2, 0.25) is 0 Å². The zero-order chi connectivity index (χ0) is 12.9. The molecule has 18 heavy (non-hydrogen) atoms. The van der Waals surface area contributed by atoms with Crippen molar-refractivity contribution in [1.29, 1.82) is 0 Å². The molecule has 3 nitrogen and oxygen atoms in total. The summed E-state index contributed by atoms with van der Waals surface area (Å²) < 4.78 is 40.7. The fourth-order valence-electron chi connectivity index (χ4n) is 2.46. The second kappa shape index (κ2) is 4.10. The van der Waals surface area contributed by atoms with Crippen molar-refractivity contribution < 1.29 is 13.2 Å². The minimum atomic E-state index is -1.19. The fraction of sp³-hybridized carbons (Fsp3) is 0.364. The standard InChI is InChI=1S/C11H10F3N3S/c12-5-1-2-7(13)6(3-5)9-4-8(14)10-15-11(18)16-17(9)10/h1-3,8-10H,4H2,(H2,15,16,18)/t8-,9-,10?/m0/s1. The van der Waals surface area contributed by atoms with Gasteiger partial charge in [-0.3, -0.25) is 5.43 Å². The van der Waals surface area contributed by atoms with Crippen LogP contribution in [0.4, 0.5) is 13.2 Å². The number of rotatable bonds is 1. The van der Waals surface area contributed by atoms with Gasteiger partial charge in [0.15, 0.2) is 5.11 Å². The second-order valence-corrected chi connectivity index (χ2v) is 4.78. The predicted octanol–water partition coefficient (Wildman–Crippen LogP) is 1.77. The lowest BCUT2D eigenvalue weighted by Crippen LogP contribution is -2.39. The highest BCUT2D eigenvalue weighted by Gasteiger charge is 2.47. The SMILES string of the molecule is Fc1ccc(F)c([C@@H]2C[C@H](F)C3NC(=S)NN32)c1. The molecule has 2 N–H and O–H groups in total. The molecule has 1 aromatic carbocycles. The van der Waals surface area contributed by atoms with Gasteiger partial charge >= 0.3 is 0 Å². The quantitative estimate of drug-likeness (QED) is 0.763. The minimum Gasteiger partial charge on any atom is -0.342 e. The number of nitrogens with zero attached hydrogens (tertiary/aromatic N) is 1. The van der Waals surface area contributed by atoms with Crippen molar-refractivity contribution in [1.82, 2.24) is 15.8 Å². The first-order valence-corrected chi connectivity index (χ1v) is 5.91. The van der Waals surface area contributed by atoms with Gasteiger partial charge in [0.1, 0.15) is 24.0 Å². The first-order chi connectivity index (χ1) is 8.56. The molecule has 2 fully saturated rings. The monoisotopic (exact) mass is 273 g/mol. The number of alkyl halides is 1. The summed E-state index contributed by atoms with van der Waals surface area (Å²) in [4.78, 5) is 0. The number of thiocarbonyl (C=S) groups is 1. The van der Waals surface area contributed by atoms with Crippen LogP contribution in [0, 0.1) is 11.6 Å². The van der Waals surface area contributed by atoms with Gasteiger partial charge in [0.25, 0.3) is 0 Å². The summed E-state index contributed by atoms with van der Waals surface area (Å²) in [6.07, 6.45) is -1.72. The van der Waals surface area contributed by atoms with E-state index < -0.39 is 30.0 Å². The van der Waals surface area contributed by atoms with E-state index in [-0.39, 0.29) is 12.0 Å². The Morgan fingerprint density at radius 1 is 1.33 bits per heavy atom. The summed E-state index contributed by atoms with van der Waals surface area (Å²) in [5.74, 6) is -1.09. The van der Waals surface area contributed by atoms with Gasteiger partial charge in [-0.1, -0.05) is 0 Å². The second-order valence-electron chi connectivity index (χ2n) is 4.37. The molecule has 0 amide bonds. The van der Waals surface area contributed by atoms with Crippen LogP contribution in [0.25, 0.3) is 0 Å². The molecule has 1 unspecified atom stereocenters. The molecule has 2 heterocycles. The minimum absolute atomic E-state index is 0.0909. The summed E-state index contributed by atoms with van der Waals surface area (Å²) in [6.45, 7) is 0. The van der Waals surface area contributed by atoms with Gasteiger partial charge in [0.05, 0.1) is 6.04 Å². The van der Waals surface area contributed by atoms with Crippen LogP contribution in [0.15, 0.2) is 18.2 Å². The molecule has 0 bridgehead atoms. The van der Waals surface area contributed by atoms with Gasteiger partial charge in [-0.15, -0.1) is 0 Å². The highest BCUT2D eigenvalue weighted by atomic mass is 32.1. The van der Waals surface area contributed by atoms with Crippen LogP contribution in [-0.4, -0.2) is 22.5 Å². The van der Waals surface area contributed by atoms with Crippen molar-refractivity contribution >= 4 is 17.3 Å². The summed E-state index contributed by atoms with van der Waals surface area (Å²) >= 11 is 4.89. The number of benzene rings is 1. The Morgan fingerprint density at radius 2 is 2.11 bits per heavy atom. The van der Waals surface area contributed by atoms with Crippen molar-refractivity contribution in [3.8, 4) is 0 Å². The predicted molar refractivity (Wildman–Crippen MR) is 63.1 cm³/mol.